The van der Waals surface area contributed by atoms with Gasteiger partial charge in [0.05, 0.1) is 5.69 Å². The van der Waals surface area contributed by atoms with Gasteiger partial charge in [-0.2, -0.15) is 0 Å². The average molecular weight is 226 g/mol. The largest absolute Gasteiger partial charge is 0.327 e. The molecule has 1 saturated heterocycles. The maximum atomic E-state index is 6.09. The molecule has 0 bridgehead atoms. The van der Waals surface area contributed by atoms with Crippen molar-refractivity contribution < 1.29 is 0 Å². The van der Waals surface area contributed by atoms with Crippen LogP contribution in [0.4, 0.5) is 5.69 Å². The minimum atomic E-state index is 0.288. The Hall–Kier alpha value is -1.32. The van der Waals surface area contributed by atoms with Gasteiger partial charge >= 0.3 is 0 Å². The fraction of sp³-hybridized carbons (Fsp3) is 0.429. The third-order valence-electron chi connectivity index (χ3n) is 4.28. The normalized spacial score (nSPS) is 33.5. The van der Waals surface area contributed by atoms with Crippen molar-refractivity contribution in [3.05, 3.63) is 35.5 Å². The minimum absolute atomic E-state index is 0.288. The van der Waals surface area contributed by atoms with Gasteiger partial charge in [0.1, 0.15) is 0 Å². The molecule has 4 rings (SSSR count). The third kappa shape index (κ3) is 1.30. The molecular formula is C14H16N3. The van der Waals surface area contributed by atoms with Crippen LogP contribution in [-0.2, 0) is 0 Å². The topological polar surface area (TPSA) is 52.1 Å². The van der Waals surface area contributed by atoms with Crippen molar-refractivity contribution in [2.24, 2.45) is 5.73 Å². The highest BCUT2D eigenvalue weighted by Crippen LogP contribution is 2.47. The van der Waals surface area contributed by atoms with Crippen LogP contribution in [-0.4, -0.2) is 18.6 Å². The second kappa shape index (κ2) is 3.34. The average Bonchev–Trinajstić information content (AvgIpc) is 2.75. The number of rotatable bonds is 0. The Morgan fingerprint density at radius 1 is 1.35 bits per heavy atom. The van der Waals surface area contributed by atoms with E-state index in [0.717, 1.165) is 25.1 Å². The van der Waals surface area contributed by atoms with Gasteiger partial charge in [0.2, 0.25) is 0 Å². The molecule has 3 aliphatic rings. The molecule has 0 saturated carbocycles. The zero-order chi connectivity index (χ0) is 11.4. The number of nitrogens with two attached hydrogens (primary N) is 1. The molecule has 87 valence electrons. The molecule has 2 heterocycles. The Morgan fingerprint density at radius 3 is 3.24 bits per heavy atom. The van der Waals surface area contributed by atoms with E-state index >= 15 is 0 Å². The predicted octanol–water partition coefficient (Wildman–Crippen LogP) is 1.45. The first-order valence-electron chi connectivity index (χ1n) is 6.35. The van der Waals surface area contributed by atoms with Gasteiger partial charge in [-0.1, -0.05) is 12.1 Å². The maximum absolute atomic E-state index is 6.09. The van der Waals surface area contributed by atoms with Gasteiger partial charge in [0, 0.05) is 36.3 Å². The Morgan fingerprint density at radius 2 is 2.29 bits per heavy atom. The summed E-state index contributed by atoms with van der Waals surface area (Å²) in [6, 6.07) is 7.33. The lowest BCUT2D eigenvalue weighted by molar-refractivity contribution is 0.318. The first-order valence-corrected chi connectivity index (χ1v) is 6.35. The lowest BCUT2D eigenvalue weighted by atomic mass is 9.72. The standard InChI is InChI=1S/C14H16N3/c15-9-5-11-10-2-1-3-12-14(10)8(6-16-12)4-13(11)17-7-9/h1-3,6,9,11,13,17H,4-5,7,15H2/t9?,11-,13-/m1/s1. The molecule has 2 aliphatic heterocycles. The summed E-state index contributed by atoms with van der Waals surface area (Å²) in [6.07, 6.45) is 4.24. The van der Waals surface area contributed by atoms with Crippen molar-refractivity contribution in [1.82, 2.24) is 10.6 Å². The Kier molecular flexibility index (Phi) is 1.90. The molecule has 1 aromatic carbocycles. The van der Waals surface area contributed by atoms with Crippen LogP contribution < -0.4 is 16.4 Å². The first kappa shape index (κ1) is 9.68. The highest BCUT2D eigenvalue weighted by molar-refractivity contribution is 5.83. The third-order valence-corrected chi connectivity index (χ3v) is 4.28. The lowest BCUT2D eigenvalue weighted by Gasteiger charge is -2.40. The molecule has 0 aromatic heterocycles. The highest BCUT2D eigenvalue weighted by atomic mass is 15.0. The van der Waals surface area contributed by atoms with Crippen molar-refractivity contribution in [2.45, 2.75) is 30.8 Å². The van der Waals surface area contributed by atoms with Crippen molar-refractivity contribution >= 4 is 11.3 Å². The van der Waals surface area contributed by atoms with Crippen LogP contribution in [0.1, 0.15) is 29.9 Å². The fourth-order valence-corrected chi connectivity index (χ4v) is 3.50. The number of fused-ring (bicyclic) bond motifs is 2. The second-order valence-electron chi connectivity index (χ2n) is 5.35. The molecule has 3 atom stereocenters. The number of benzene rings is 1. The van der Waals surface area contributed by atoms with Gasteiger partial charge in [-0.3, -0.25) is 5.32 Å². The fourth-order valence-electron chi connectivity index (χ4n) is 3.50. The molecule has 1 unspecified atom stereocenters. The van der Waals surface area contributed by atoms with Crippen molar-refractivity contribution in [3.63, 3.8) is 0 Å². The van der Waals surface area contributed by atoms with Crippen LogP contribution >= 0.6 is 0 Å². The quantitative estimate of drug-likeness (QED) is 0.703. The summed E-state index contributed by atoms with van der Waals surface area (Å²) in [7, 11) is 0. The van der Waals surface area contributed by atoms with E-state index in [4.69, 9.17) is 5.73 Å². The van der Waals surface area contributed by atoms with E-state index in [2.05, 4.69) is 28.8 Å². The van der Waals surface area contributed by atoms with Crippen LogP contribution in [0, 0.1) is 0 Å². The summed E-state index contributed by atoms with van der Waals surface area (Å²) in [6.45, 7) is 0.945. The zero-order valence-electron chi connectivity index (χ0n) is 9.69. The SMILES string of the molecule is NC1CN[C@@H]2CC3=C[N]c4cccc(c43)[C@H]2C1. The van der Waals surface area contributed by atoms with Crippen LogP contribution in [0.3, 0.4) is 0 Å². The Bertz CT molecular complexity index is 506. The molecule has 0 spiro atoms. The molecule has 1 fully saturated rings. The summed E-state index contributed by atoms with van der Waals surface area (Å²) >= 11 is 0. The molecule has 3 heteroatoms. The van der Waals surface area contributed by atoms with E-state index in [1.54, 1.807) is 0 Å². The van der Waals surface area contributed by atoms with E-state index in [1.807, 2.05) is 6.20 Å². The van der Waals surface area contributed by atoms with Gasteiger partial charge in [-0.05, 0) is 30.0 Å². The van der Waals surface area contributed by atoms with Crippen LogP contribution in [0.15, 0.2) is 24.4 Å². The van der Waals surface area contributed by atoms with E-state index in [-0.39, 0.29) is 6.04 Å². The maximum Gasteiger partial charge on any atom is 0.0708 e. The number of hydrogen-bond donors (Lipinski definition) is 2. The van der Waals surface area contributed by atoms with E-state index in [9.17, 15) is 0 Å². The number of piperidine rings is 1. The molecule has 3 nitrogen and oxygen atoms in total. The van der Waals surface area contributed by atoms with Crippen molar-refractivity contribution in [3.8, 4) is 0 Å². The zero-order valence-corrected chi connectivity index (χ0v) is 9.69. The molecule has 1 aliphatic carbocycles. The van der Waals surface area contributed by atoms with Crippen molar-refractivity contribution in [1.29, 1.82) is 0 Å². The summed E-state index contributed by atoms with van der Waals surface area (Å²) in [5.74, 6) is 0.569. The smallest absolute Gasteiger partial charge is 0.0708 e. The van der Waals surface area contributed by atoms with Crippen LogP contribution in [0.2, 0.25) is 0 Å². The van der Waals surface area contributed by atoms with Gasteiger partial charge < -0.3 is 11.1 Å². The summed E-state index contributed by atoms with van der Waals surface area (Å²) in [5, 5.41) is 8.10. The molecule has 3 N–H and O–H groups in total. The monoisotopic (exact) mass is 226 g/mol. The first-order chi connectivity index (χ1) is 8.33. The molecule has 1 aromatic rings. The van der Waals surface area contributed by atoms with Crippen molar-refractivity contribution in [2.75, 3.05) is 6.54 Å². The molecule has 1 radical (unpaired) electrons. The van der Waals surface area contributed by atoms with Gasteiger partial charge in [0.15, 0.2) is 0 Å². The Labute approximate surface area is 101 Å². The summed E-state index contributed by atoms with van der Waals surface area (Å²) in [4.78, 5) is 0. The van der Waals surface area contributed by atoms with Gasteiger partial charge in [-0.15, -0.1) is 0 Å². The highest BCUT2D eigenvalue weighted by Gasteiger charge is 2.38. The van der Waals surface area contributed by atoms with Crippen LogP contribution in [0.5, 0.6) is 0 Å². The molecule has 17 heavy (non-hydrogen) atoms. The van der Waals surface area contributed by atoms with Gasteiger partial charge in [-0.25, -0.2) is 0 Å². The number of hydrogen-bond acceptors (Lipinski definition) is 2. The summed E-state index contributed by atoms with van der Waals surface area (Å²) < 4.78 is 0. The lowest BCUT2D eigenvalue weighted by Crippen LogP contribution is -2.50. The number of nitrogens with one attached hydrogen (secondary N) is 1. The molecular weight excluding hydrogens is 210 g/mol. The minimum Gasteiger partial charge on any atom is -0.327 e. The second-order valence-corrected chi connectivity index (χ2v) is 5.35. The van der Waals surface area contributed by atoms with E-state index in [0.29, 0.717) is 12.0 Å². The predicted molar refractivity (Wildman–Crippen MR) is 68.0 cm³/mol. The van der Waals surface area contributed by atoms with E-state index < -0.39 is 0 Å². The van der Waals surface area contributed by atoms with E-state index in [1.165, 1.54) is 16.7 Å². The van der Waals surface area contributed by atoms with Crippen LogP contribution in [0.25, 0.3) is 5.57 Å². The molecule has 0 amide bonds. The Balaban J connectivity index is 1.86. The number of nitrogens with zero attached hydrogens (tertiary/aromatic N) is 1. The summed E-state index contributed by atoms with van der Waals surface area (Å²) in [5.41, 5.74) is 11.5. The van der Waals surface area contributed by atoms with Gasteiger partial charge in [0.25, 0.3) is 0 Å².